The second kappa shape index (κ2) is 14.6. The van der Waals surface area contributed by atoms with Crippen LogP contribution in [0.25, 0.3) is 33.4 Å². The number of carbonyl (C=O) groups is 3. The molecular weight excluding hydrogens is 620 g/mol. The van der Waals surface area contributed by atoms with Crippen LogP contribution in [0, 0.1) is 17.8 Å². The number of fused-ring (bicyclic) bond motifs is 3. The Morgan fingerprint density at radius 3 is 2.33 bits per heavy atom. The molecule has 0 spiro atoms. The molecule has 10 heteroatoms. The average molecular weight is 666 g/mol. The third kappa shape index (κ3) is 7.48. The fraction of sp³-hybridized carbons (Fsp3) is 0.385. The number of carboxylic acids is 1. The lowest BCUT2D eigenvalue weighted by molar-refractivity contribution is 0.0697. The molecule has 3 aliphatic carbocycles. The van der Waals surface area contributed by atoms with E-state index in [4.69, 9.17) is 9.15 Å². The number of anilines is 1. The van der Waals surface area contributed by atoms with E-state index in [-0.39, 0.29) is 11.1 Å². The van der Waals surface area contributed by atoms with Gasteiger partial charge >= 0.3 is 12.1 Å². The maximum absolute atomic E-state index is 13.1. The topological polar surface area (TPSA) is 124 Å². The highest BCUT2D eigenvalue weighted by molar-refractivity contribution is 6.09. The number of hydrogen-bond donors (Lipinski definition) is 3. The van der Waals surface area contributed by atoms with E-state index in [0.717, 1.165) is 40.4 Å². The Kier molecular flexibility index (Phi) is 10.0. The normalized spacial score (nSPS) is 18.9. The molecule has 1 aliphatic heterocycles. The summed E-state index contributed by atoms with van der Waals surface area (Å²) in [6, 6.07) is 16.5. The zero-order chi connectivity index (χ0) is 34.7. The van der Waals surface area contributed by atoms with Crippen molar-refractivity contribution >= 4 is 34.6 Å². The molecule has 0 saturated heterocycles. The predicted molar refractivity (Wildman–Crippen MR) is 191 cm³/mol. The quantitative estimate of drug-likeness (QED) is 0.0842. The lowest BCUT2D eigenvalue weighted by atomic mass is 9.89. The Hall–Kier alpha value is -5.12. The van der Waals surface area contributed by atoms with Crippen LogP contribution >= 0.6 is 0 Å². The van der Waals surface area contributed by atoms with Crippen molar-refractivity contribution in [3.8, 4) is 22.5 Å². The van der Waals surface area contributed by atoms with Crippen molar-refractivity contribution in [3.05, 3.63) is 83.2 Å². The van der Waals surface area contributed by atoms with E-state index in [1.54, 1.807) is 12.1 Å². The molecule has 4 aliphatic rings. The van der Waals surface area contributed by atoms with Crippen LogP contribution in [0.2, 0.25) is 0 Å². The number of hydrogen-bond acceptors (Lipinski definition) is 6. The minimum atomic E-state index is -1.14. The molecule has 49 heavy (non-hydrogen) atoms. The molecule has 1 unspecified atom stereocenters. The lowest BCUT2D eigenvalue weighted by Gasteiger charge is -2.19. The molecule has 0 radical (unpaired) electrons. The number of ether oxygens (including phenoxy) is 1. The summed E-state index contributed by atoms with van der Waals surface area (Å²) in [5.41, 5.74) is 3.78. The van der Waals surface area contributed by atoms with Gasteiger partial charge in [0.05, 0.1) is 18.2 Å². The number of aromatic carboxylic acids is 1. The van der Waals surface area contributed by atoms with Crippen molar-refractivity contribution in [1.29, 1.82) is 0 Å². The molecule has 2 aromatic carbocycles. The standard InChI is InChI=1S/C39H44N4O6/c1-42(2)25-13-16-30-34(21-25)49-35-22-26(43(3)4)14-17-31(35)36(30)29-15-12-24(20-32(29)38(45)46)37(44)40-18-9-19-41-39(47)48-23-33-27-10-7-5-6-8-11-28(27)33/h5-6,12-17,20-22,27-28,33H,7-11,18-19,23H2,1-4H3,(H2-,40,41,44,45,46,47)/p+1/b6-5-/t27-,28+,33?. The third-order valence-corrected chi connectivity index (χ3v) is 9.83. The minimum absolute atomic E-state index is 0.0113. The number of carboxylic acid groups (broad SMARTS) is 1. The van der Waals surface area contributed by atoms with Gasteiger partial charge in [0.2, 0.25) is 5.36 Å². The average Bonchev–Trinajstić information content (AvgIpc) is 3.73. The number of carbonyl (C=O) groups excluding carboxylic acids is 2. The summed E-state index contributed by atoms with van der Waals surface area (Å²) in [6.07, 6.45) is 9.11. The summed E-state index contributed by atoms with van der Waals surface area (Å²) in [5, 5.41) is 17.7. The van der Waals surface area contributed by atoms with Gasteiger partial charge in [-0.15, -0.1) is 0 Å². The van der Waals surface area contributed by atoms with Crippen molar-refractivity contribution in [2.75, 3.05) is 52.8 Å². The van der Waals surface area contributed by atoms with Crippen LogP contribution < -0.4 is 25.5 Å². The number of benzene rings is 3. The van der Waals surface area contributed by atoms with Gasteiger partial charge in [0.25, 0.3) is 5.91 Å². The Morgan fingerprint density at radius 1 is 0.918 bits per heavy atom. The van der Waals surface area contributed by atoms with Gasteiger partial charge in [-0.2, -0.15) is 0 Å². The summed E-state index contributed by atoms with van der Waals surface area (Å²) < 4.78 is 13.8. The third-order valence-electron chi connectivity index (χ3n) is 9.83. The van der Waals surface area contributed by atoms with Gasteiger partial charge < -0.3 is 29.8 Å². The summed E-state index contributed by atoms with van der Waals surface area (Å²) in [6.45, 7) is 1.11. The second-order valence-corrected chi connectivity index (χ2v) is 13.4. The highest BCUT2D eigenvalue weighted by atomic mass is 16.5. The van der Waals surface area contributed by atoms with Gasteiger partial charge in [-0.25, -0.2) is 14.2 Å². The lowest BCUT2D eigenvalue weighted by Crippen LogP contribution is -2.30. The second-order valence-electron chi connectivity index (χ2n) is 13.4. The molecule has 1 saturated carbocycles. The summed E-state index contributed by atoms with van der Waals surface area (Å²) in [7, 11) is 7.80. The van der Waals surface area contributed by atoms with Crippen molar-refractivity contribution in [2.45, 2.75) is 32.1 Å². The zero-order valence-corrected chi connectivity index (χ0v) is 28.6. The van der Waals surface area contributed by atoms with Crippen molar-refractivity contribution in [2.24, 2.45) is 17.8 Å². The van der Waals surface area contributed by atoms with Gasteiger partial charge in [0, 0.05) is 67.1 Å². The van der Waals surface area contributed by atoms with E-state index < -0.39 is 18.0 Å². The largest absolute Gasteiger partial charge is 0.478 e. The van der Waals surface area contributed by atoms with E-state index >= 15 is 0 Å². The number of nitrogens with one attached hydrogen (secondary N) is 2. The fourth-order valence-corrected chi connectivity index (χ4v) is 7.04. The van der Waals surface area contributed by atoms with Crippen LogP contribution in [0.4, 0.5) is 10.5 Å². The van der Waals surface area contributed by atoms with Gasteiger partial charge in [0.1, 0.15) is 25.4 Å². The maximum Gasteiger partial charge on any atom is 0.407 e. The number of alkyl carbamates (subject to hydrolysis) is 1. The van der Waals surface area contributed by atoms with Gasteiger partial charge in [-0.05, 0) is 85.8 Å². The SMILES string of the molecule is CN(C)c1ccc2c(-c3ccc(C(=O)NCCCNC(=O)OCC4[C@H]5CC/C=C\CC[C@@H]45)cc3C(=O)O)c3ccc(=[N+](C)C)cc-3oc2c1. The van der Waals surface area contributed by atoms with Crippen LogP contribution in [0.3, 0.4) is 0 Å². The highest BCUT2D eigenvalue weighted by Gasteiger charge is 2.49. The predicted octanol–water partition coefficient (Wildman–Crippen LogP) is 5.84. The highest BCUT2D eigenvalue weighted by Crippen LogP contribution is 2.52. The van der Waals surface area contributed by atoms with Gasteiger partial charge in [-0.1, -0.05) is 18.2 Å². The van der Waals surface area contributed by atoms with Crippen LogP contribution in [0.15, 0.2) is 71.2 Å². The first kappa shape index (κ1) is 33.8. The van der Waals surface area contributed by atoms with Crippen molar-refractivity contribution < 1.29 is 28.6 Å². The molecule has 1 heterocycles. The maximum atomic E-state index is 13.1. The van der Waals surface area contributed by atoms with E-state index in [2.05, 4.69) is 22.8 Å². The van der Waals surface area contributed by atoms with Crippen molar-refractivity contribution in [3.63, 3.8) is 0 Å². The molecule has 6 rings (SSSR count). The molecule has 3 N–H and O–H groups in total. The molecule has 1 fully saturated rings. The first-order chi connectivity index (χ1) is 23.6. The smallest absolute Gasteiger partial charge is 0.407 e. The Labute approximate surface area is 286 Å². The van der Waals surface area contributed by atoms with Crippen molar-refractivity contribution in [1.82, 2.24) is 15.2 Å². The summed E-state index contributed by atoms with van der Waals surface area (Å²) in [5.74, 6) is 0.884. The van der Waals surface area contributed by atoms with Crippen LogP contribution in [0.5, 0.6) is 0 Å². The van der Waals surface area contributed by atoms with Crippen LogP contribution in [0.1, 0.15) is 52.8 Å². The van der Waals surface area contributed by atoms with Crippen LogP contribution in [-0.4, -0.2) is 71.0 Å². The van der Waals surface area contributed by atoms with Crippen LogP contribution in [-0.2, 0) is 4.74 Å². The van der Waals surface area contributed by atoms with E-state index in [1.165, 1.54) is 18.9 Å². The molecule has 2 aromatic rings. The monoisotopic (exact) mass is 665 g/mol. The number of nitrogens with zero attached hydrogens (tertiary/aromatic N) is 2. The number of amides is 2. The first-order valence-electron chi connectivity index (χ1n) is 17.0. The Balaban J connectivity index is 1.13. The molecule has 0 aromatic heterocycles. The summed E-state index contributed by atoms with van der Waals surface area (Å²) in [4.78, 5) is 40.0. The zero-order valence-electron chi connectivity index (χ0n) is 28.6. The number of rotatable bonds is 10. The van der Waals surface area contributed by atoms with E-state index in [9.17, 15) is 19.5 Å². The minimum Gasteiger partial charge on any atom is -0.478 e. The number of allylic oxidation sites excluding steroid dienone is 2. The first-order valence-corrected chi connectivity index (χ1v) is 17.0. The molecule has 0 bridgehead atoms. The molecule has 2 amide bonds. The Bertz CT molecular complexity index is 1940. The molecular formula is C39H45N4O6+. The van der Waals surface area contributed by atoms with Gasteiger partial charge in [0.15, 0.2) is 0 Å². The fourth-order valence-electron chi connectivity index (χ4n) is 7.04. The molecule has 3 atom stereocenters. The Morgan fingerprint density at radius 2 is 1.63 bits per heavy atom. The van der Waals surface area contributed by atoms with E-state index in [1.807, 2.05) is 74.1 Å². The summed E-state index contributed by atoms with van der Waals surface area (Å²) >= 11 is 0. The van der Waals surface area contributed by atoms with E-state index in [0.29, 0.717) is 60.8 Å². The van der Waals surface area contributed by atoms with Gasteiger partial charge in [-0.3, -0.25) is 4.79 Å². The molecule has 256 valence electrons. The molecule has 10 nitrogen and oxygen atoms in total.